The SMILES string of the molecule is COc1ccc(C(C)NC(=O)OC(C)(C)C)cc1CN. The van der Waals surface area contributed by atoms with Crippen LogP contribution in [0.1, 0.15) is 44.9 Å². The molecule has 5 nitrogen and oxygen atoms in total. The van der Waals surface area contributed by atoms with E-state index in [1.807, 2.05) is 45.9 Å². The third-order valence-corrected chi connectivity index (χ3v) is 2.76. The van der Waals surface area contributed by atoms with Gasteiger partial charge in [0.2, 0.25) is 0 Å². The summed E-state index contributed by atoms with van der Waals surface area (Å²) in [6, 6.07) is 5.52. The van der Waals surface area contributed by atoms with Gasteiger partial charge in [0, 0.05) is 12.1 Å². The van der Waals surface area contributed by atoms with Gasteiger partial charge in [-0.15, -0.1) is 0 Å². The van der Waals surface area contributed by atoms with Gasteiger partial charge in [-0.3, -0.25) is 0 Å². The summed E-state index contributed by atoms with van der Waals surface area (Å²) in [7, 11) is 1.61. The van der Waals surface area contributed by atoms with Crippen LogP contribution >= 0.6 is 0 Å². The Bertz CT molecular complexity index is 467. The second-order valence-electron chi connectivity index (χ2n) is 5.64. The second kappa shape index (κ2) is 6.61. The number of hydrogen-bond acceptors (Lipinski definition) is 4. The van der Waals surface area contributed by atoms with E-state index in [9.17, 15) is 4.79 Å². The third-order valence-electron chi connectivity index (χ3n) is 2.76. The van der Waals surface area contributed by atoms with Gasteiger partial charge >= 0.3 is 6.09 Å². The van der Waals surface area contributed by atoms with Crippen LogP contribution in [0.15, 0.2) is 18.2 Å². The lowest BCUT2D eigenvalue weighted by molar-refractivity contribution is 0.0508. The highest BCUT2D eigenvalue weighted by Crippen LogP contribution is 2.23. The fourth-order valence-electron chi connectivity index (χ4n) is 1.80. The van der Waals surface area contributed by atoms with Crippen LogP contribution in [0, 0.1) is 0 Å². The lowest BCUT2D eigenvalue weighted by Crippen LogP contribution is -2.34. The molecule has 1 aromatic carbocycles. The van der Waals surface area contributed by atoms with Gasteiger partial charge in [-0.05, 0) is 45.4 Å². The minimum absolute atomic E-state index is 0.166. The molecule has 0 radical (unpaired) electrons. The van der Waals surface area contributed by atoms with Gasteiger partial charge in [-0.2, -0.15) is 0 Å². The van der Waals surface area contributed by atoms with Gasteiger partial charge in [0.05, 0.1) is 13.2 Å². The Morgan fingerprint density at radius 2 is 2.05 bits per heavy atom. The number of carbonyl (C=O) groups is 1. The van der Waals surface area contributed by atoms with E-state index >= 15 is 0 Å². The average Bonchev–Trinajstić information content (AvgIpc) is 2.35. The van der Waals surface area contributed by atoms with Gasteiger partial charge < -0.3 is 20.5 Å². The Balaban J connectivity index is 2.77. The zero-order chi connectivity index (χ0) is 15.3. The van der Waals surface area contributed by atoms with Gasteiger partial charge in [-0.25, -0.2) is 4.79 Å². The molecule has 0 saturated carbocycles. The molecule has 0 aliphatic carbocycles. The van der Waals surface area contributed by atoms with Crippen LogP contribution in [0.3, 0.4) is 0 Å². The summed E-state index contributed by atoms with van der Waals surface area (Å²) in [5, 5.41) is 2.80. The van der Waals surface area contributed by atoms with Gasteiger partial charge in [-0.1, -0.05) is 6.07 Å². The quantitative estimate of drug-likeness (QED) is 0.889. The highest BCUT2D eigenvalue weighted by atomic mass is 16.6. The first kappa shape index (κ1) is 16.3. The molecule has 20 heavy (non-hydrogen) atoms. The van der Waals surface area contributed by atoms with Gasteiger partial charge in [0.25, 0.3) is 0 Å². The molecule has 0 fully saturated rings. The maximum absolute atomic E-state index is 11.7. The third kappa shape index (κ3) is 4.74. The van der Waals surface area contributed by atoms with Crippen LogP contribution in [0.5, 0.6) is 5.75 Å². The van der Waals surface area contributed by atoms with E-state index in [0.29, 0.717) is 6.54 Å². The molecule has 1 amide bonds. The molecule has 1 unspecified atom stereocenters. The van der Waals surface area contributed by atoms with Crippen molar-refractivity contribution < 1.29 is 14.3 Å². The summed E-state index contributed by atoms with van der Waals surface area (Å²) in [5.41, 5.74) is 7.04. The normalized spacial score (nSPS) is 12.7. The topological polar surface area (TPSA) is 73.6 Å². The molecule has 1 aromatic rings. The van der Waals surface area contributed by atoms with Crippen molar-refractivity contribution in [1.29, 1.82) is 0 Å². The van der Waals surface area contributed by atoms with Crippen molar-refractivity contribution in [2.24, 2.45) is 5.73 Å². The summed E-state index contributed by atoms with van der Waals surface area (Å²) in [6.45, 7) is 7.77. The predicted molar refractivity (Wildman–Crippen MR) is 78.7 cm³/mol. The van der Waals surface area contributed by atoms with Crippen LogP contribution < -0.4 is 15.8 Å². The Morgan fingerprint density at radius 3 is 2.55 bits per heavy atom. The van der Waals surface area contributed by atoms with E-state index in [4.69, 9.17) is 15.2 Å². The monoisotopic (exact) mass is 280 g/mol. The number of benzene rings is 1. The molecule has 112 valence electrons. The Labute approximate surface area is 120 Å². The zero-order valence-corrected chi connectivity index (χ0v) is 12.8. The highest BCUT2D eigenvalue weighted by Gasteiger charge is 2.18. The molecule has 0 aliphatic rings. The predicted octanol–water partition coefficient (Wildman–Crippen LogP) is 2.74. The summed E-state index contributed by atoms with van der Waals surface area (Å²) >= 11 is 0. The van der Waals surface area contributed by atoms with Crippen LogP contribution in [0.25, 0.3) is 0 Å². The zero-order valence-electron chi connectivity index (χ0n) is 12.8. The van der Waals surface area contributed by atoms with Crippen molar-refractivity contribution in [3.05, 3.63) is 29.3 Å². The van der Waals surface area contributed by atoms with E-state index in [0.717, 1.165) is 16.9 Å². The Morgan fingerprint density at radius 1 is 1.40 bits per heavy atom. The first-order valence-corrected chi connectivity index (χ1v) is 6.63. The first-order valence-electron chi connectivity index (χ1n) is 6.63. The van der Waals surface area contributed by atoms with Crippen LogP contribution in [0.2, 0.25) is 0 Å². The summed E-state index contributed by atoms with van der Waals surface area (Å²) < 4.78 is 10.5. The number of carbonyl (C=O) groups excluding carboxylic acids is 1. The molecule has 5 heteroatoms. The van der Waals surface area contributed by atoms with Gasteiger partial charge in [0.15, 0.2) is 0 Å². The average molecular weight is 280 g/mol. The molecular formula is C15H24N2O3. The molecule has 0 saturated heterocycles. The number of rotatable bonds is 4. The number of nitrogens with one attached hydrogen (secondary N) is 1. The first-order chi connectivity index (χ1) is 9.26. The molecule has 3 N–H and O–H groups in total. The molecule has 0 spiro atoms. The number of hydrogen-bond donors (Lipinski definition) is 2. The fourth-order valence-corrected chi connectivity index (χ4v) is 1.80. The highest BCUT2D eigenvalue weighted by molar-refractivity contribution is 5.68. The van der Waals surface area contributed by atoms with Crippen LogP contribution in [-0.4, -0.2) is 18.8 Å². The molecular weight excluding hydrogens is 256 g/mol. The van der Waals surface area contributed by atoms with Crippen molar-refractivity contribution in [3.63, 3.8) is 0 Å². The molecule has 1 rings (SSSR count). The standard InChI is InChI=1S/C15H24N2O3/c1-10(17-14(18)20-15(2,3)4)11-6-7-13(19-5)12(8-11)9-16/h6-8,10H,9,16H2,1-5H3,(H,17,18). The van der Waals surface area contributed by atoms with Crippen LogP contribution in [0.4, 0.5) is 4.79 Å². The van der Waals surface area contributed by atoms with Crippen molar-refractivity contribution in [3.8, 4) is 5.75 Å². The molecule has 0 aromatic heterocycles. The molecule has 0 aliphatic heterocycles. The van der Waals surface area contributed by atoms with E-state index in [2.05, 4.69) is 5.32 Å². The van der Waals surface area contributed by atoms with Crippen molar-refractivity contribution in [2.75, 3.05) is 7.11 Å². The van der Waals surface area contributed by atoms with E-state index < -0.39 is 11.7 Å². The summed E-state index contributed by atoms with van der Waals surface area (Å²) in [6.07, 6.45) is -0.435. The van der Waals surface area contributed by atoms with Crippen LogP contribution in [-0.2, 0) is 11.3 Å². The smallest absolute Gasteiger partial charge is 0.408 e. The number of alkyl carbamates (subject to hydrolysis) is 1. The lowest BCUT2D eigenvalue weighted by Gasteiger charge is -2.22. The molecule has 0 bridgehead atoms. The van der Waals surface area contributed by atoms with E-state index in [1.165, 1.54) is 0 Å². The number of methoxy groups -OCH3 is 1. The lowest BCUT2D eigenvalue weighted by atomic mass is 10.0. The minimum atomic E-state index is -0.508. The van der Waals surface area contributed by atoms with E-state index in [-0.39, 0.29) is 6.04 Å². The summed E-state index contributed by atoms with van der Waals surface area (Å²) in [5.74, 6) is 0.751. The van der Waals surface area contributed by atoms with Crippen molar-refractivity contribution >= 4 is 6.09 Å². The minimum Gasteiger partial charge on any atom is -0.496 e. The van der Waals surface area contributed by atoms with E-state index in [1.54, 1.807) is 7.11 Å². The second-order valence-corrected chi connectivity index (χ2v) is 5.64. The molecule has 0 heterocycles. The van der Waals surface area contributed by atoms with Crippen molar-refractivity contribution in [2.45, 2.75) is 45.9 Å². The fraction of sp³-hybridized carbons (Fsp3) is 0.533. The maximum atomic E-state index is 11.7. The van der Waals surface area contributed by atoms with Crippen molar-refractivity contribution in [1.82, 2.24) is 5.32 Å². The molecule has 1 atom stereocenters. The number of ether oxygens (including phenoxy) is 2. The van der Waals surface area contributed by atoms with Gasteiger partial charge in [0.1, 0.15) is 11.4 Å². The maximum Gasteiger partial charge on any atom is 0.408 e. The summed E-state index contributed by atoms with van der Waals surface area (Å²) in [4.78, 5) is 11.7. The number of nitrogens with two attached hydrogens (primary N) is 1. The Kier molecular flexibility index (Phi) is 5.39. The Hall–Kier alpha value is -1.75. The largest absolute Gasteiger partial charge is 0.496 e. The number of amides is 1.